The minimum absolute atomic E-state index is 0.945. The van der Waals surface area contributed by atoms with E-state index in [9.17, 15) is 0 Å². The van der Waals surface area contributed by atoms with Crippen LogP contribution in [0.4, 0.5) is 5.69 Å². The van der Waals surface area contributed by atoms with Gasteiger partial charge in [0.05, 0.1) is 0 Å². The zero-order valence-electron chi connectivity index (χ0n) is 8.46. The highest BCUT2D eigenvalue weighted by molar-refractivity contribution is 5.53. The Morgan fingerprint density at radius 2 is 2.08 bits per heavy atom. The molecule has 0 fully saturated rings. The second-order valence-electron chi connectivity index (χ2n) is 3.14. The molecule has 0 heterocycles. The predicted octanol–water partition coefficient (Wildman–Crippen LogP) is 2.87. The number of rotatable bonds is 4. The molecule has 0 bridgehead atoms. The third-order valence-corrected chi connectivity index (χ3v) is 2.24. The third kappa shape index (κ3) is 2.35. The van der Waals surface area contributed by atoms with E-state index < -0.39 is 0 Å². The fourth-order valence-corrected chi connectivity index (χ4v) is 1.38. The van der Waals surface area contributed by atoms with Crippen LogP contribution in [0, 0.1) is 0 Å². The van der Waals surface area contributed by atoms with Crippen molar-refractivity contribution in [2.75, 3.05) is 18.5 Å². The van der Waals surface area contributed by atoms with Crippen LogP contribution in [0.5, 0.6) is 0 Å². The van der Waals surface area contributed by atoms with Gasteiger partial charge in [0.15, 0.2) is 0 Å². The highest BCUT2D eigenvalue weighted by Crippen LogP contribution is 2.19. The van der Waals surface area contributed by atoms with Crippen LogP contribution < -0.4 is 4.90 Å². The van der Waals surface area contributed by atoms with E-state index in [4.69, 9.17) is 0 Å². The van der Waals surface area contributed by atoms with Crippen LogP contribution in [-0.4, -0.2) is 13.6 Å². The average Bonchev–Trinajstić information content (AvgIpc) is 2.18. The monoisotopic (exact) mass is 175 g/mol. The molecular formula is C12H17N. The molecule has 0 N–H and O–H groups in total. The third-order valence-electron chi connectivity index (χ3n) is 2.24. The lowest BCUT2D eigenvalue weighted by Crippen LogP contribution is -2.17. The minimum Gasteiger partial charge on any atom is -0.375 e. The van der Waals surface area contributed by atoms with Crippen LogP contribution in [0.1, 0.15) is 12.5 Å². The molecule has 0 atom stereocenters. The first-order valence-corrected chi connectivity index (χ1v) is 4.69. The molecule has 13 heavy (non-hydrogen) atoms. The van der Waals surface area contributed by atoms with Gasteiger partial charge < -0.3 is 4.90 Å². The molecule has 0 aromatic heterocycles. The van der Waals surface area contributed by atoms with Gasteiger partial charge in [0.1, 0.15) is 0 Å². The van der Waals surface area contributed by atoms with Crippen LogP contribution in [-0.2, 0) is 6.42 Å². The Balaban J connectivity index is 2.96. The Labute approximate surface area is 80.7 Å². The van der Waals surface area contributed by atoms with Crippen molar-refractivity contribution in [1.29, 1.82) is 0 Å². The molecule has 1 heteroatoms. The summed E-state index contributed by atoms with van der Waals surface area (Å²) in [5, 5.41) is 0. The number of hydrogen-bond donors (Lipinski definition) is 0. The summed E-state index contributed by atoms with van der Waals surface area (Å²) >= 11 is 0. The normalized spacial score (nSPS) is 9.69. The van der Waals surface area contributed by atoms with Gasteiger partial charge in [-0.15, -0.1) is 6.58 Å². The molecule has 0 saturated heterocycles. The number of allylic oxidation sites excluding steroid dienone is 1. The van der Waals surface area contributed by atoms with Gasteiger partial charge in [-0.3, -0.25) is 0 Å². The maximum Gasteiger partial charge on any atom is 0.0399 e. The van der Waals surface area contributed by atoms with E-state index in [-0.39, 0.29) is 0 Å². The summed E-state index contributed by atoms with van der Waals surface area (Å²) < 4.78 is 0. The van der Waals surface area contributed by atoms with Crippen molar-refractivity contribution in [2.24, 2.45) is 0 Å². The molecule has 0 aliphatic heterocycles. The molecule has 1 aromatic carbocycles. The molecule has 70 valence electrons. The van der Waals surface area contributed by atoms with E-state index in [2.05, 4.69) is 49.7 Å². The maximum absolute atomic E-state index is 3.76. The fraction of sp³-hybridized carbons (Fsp3) is 0.333. The second-order valence-corrected chi connectivity index (χ2v) is 3.14. The Bertz CT molecular complexity index is 278. The molecule has 1 nitrogen and oxygen atoms in total. The van der Waals surface area contributed by atoms with Crippen molar-refractivity contribution in [1.82, 2.24) is 0 Å². The first-order valence-electron chi connectivity index (χ1n) is 4.69. The summed E-state index contributed by atoms with van der Waals surface area (Å²) in [7, 11) is 2.11. The van der Waals surface area contributed by atoms with Crippen molar-refractivity contribution in [3.05, 3.63) is 42.5 Å². The lowest BCUT2D eigenvalue weighted by molar-refractivity contribution is 0.956. The van der Waals surface area contributed by atoms with Gasteiger partial charge in [0, 0.05) is 19.3 Å². The largest absolute Gasteiger partial charge is 0.375 e. The van der Waals surface area contributed by atoms with Crippen LogP contribution in [0.25, 0.3) is 0 Å². The van der Waals surface area contributed by atoms with Crippen molar-refractivity contribution < 1.29 is 0 Å². The zero-order chi connectivity index (χ0) is 9.68. The summed E-state index contributed by atoms with van der Waals surface area (Å²) in [6.07, 6.45) is 2.89. The number of hydrogen-bond acceptors (Lipinski definition) is 1. The Morgan fingerprint density at radius 3 is 2.69 bits per heavy atom. The van der Waals surface area contributed by atoms with Crippen molar-refractivity contribution >= 4 is 5.69 Å². The molecular weight excluding hydrogens is 158 g/mol. The molecule has 1 rings (SSSR count). The van der Waals surface area contributed by atoms with Crippen LogP contribution in [0.15, 0.2) is 36.9 Å². The highest BCUT2D eigenvalue weighted by Gasteiger charge is 2.02. The van der Waals surface area contributed by atoms with Gasteiger partial charge in [-0.1, -0.05) is 24.3 Å². The molecule has 0 spiro atoms. The first kappa shape index (κ1) is 9.85. The molecule has 0 radical (unpaired) electrons. The van der Waals surface area contributed by atoms with Crippen LogP contribution in [0.3, 0.4) is 0 Å². The van der Waals surface area contributed by atoms with Gasteiger partial charge in [-0.2, -0.15) is 0 Å². The van der Waals surface area contributed by atoms with E-state index in [1.807, 2.05) is 6.08 Å². The SMILES string of the molecule is C=CCc1ccccc1N(C)CC. The first-order chi connectivity index (χ1) is 6.29. The molecule has 1 aromatic rings. The number of nitrogens with zero attached hydrogens (tertiary/aromatic N) is 1. The van der Waals surface area contributed by atoms with E-state index >= 15 is 0 Å². The second kappa shape index (κ2) is 4.70. The summed E-state index contributed by atoms with van der Waals surface area (Å²) in [6, 6.07) is 8.46. The van der Waals surface area contributed by atoms with Gasteiger partial charge in [0.2, 0.25) is 0 Å². The van der Waals surface area contributed by atoms with Gasteiger partial charge >= 0.3 is 0 Å². The molecule has 0 saturated carbocycles. The van der Waals surface area contributed by atoms with Crippen molar-refractivity contribution in [3.8, 4) is 0 Å². The van der Waals surface area contributed by atoms with Crippen molar-refractivity contribution in [3.63, 3.8) is 0 Å². The van der Waals surface area contributed by atoms with Gasteiger partial charge in [-0.25, -0.2) is 0 Å². The summed E-state index contributed by atoms with van der Waals surface area (Å²) in [5.74, 6) is 0. The Morgan fingerprint density at radius 1 is 1.38 bits per heavy atom. The van der Waals surface area contributed by atoms with Gasteiger partial charge in [-0.05, 0) is 25.0 Å². The Kier molecular flexibility index (Phi) is 3.56. The summed E-state index contributed by atoms with van der Waals surface area (Å²) in [6.45, 7) is 6.96. The number of benzene rings is 1. The quantitative estimate of drug-likeness (QED) is 0.636. The molecule has 0 amide bonds. The smallest absolute Gasteiger partial charge is 0.0399 e. The van der Waals surface area contributed by atoms with Crippen molar-refractivity contribution in [2.45, 2.75) is 13.3 Å². The Hall–Kier alpha value is -1.24. The summed E-state index contributed by atoms with van der Waals surface area (Å²) in [5.41, 5.74) is 2.66. The molecule has 0 aliphatic carbocycles. The highest BCUT2D eigenvalue weighted by atomic mass is 15.1. The lowest BCUT2D eigenvalue weighted by Gasteiger charge is -2.19. The average molecular weight is 175 g/mol. The van der Waals surface area contributed by atoms with Crippen LogP contribution >= 0.6 is 0 Å². The predicted molar refractivity (Wildman–Crippen MR) is 59.3 cm³/mol. The van der Waals surface area contributed by atoms with Crippen LogP contribution in [0.2, 0.25) is 0 Å². The topological polar surface area (TPSA) is 3.24 Å². The molecule has 0 aliphatic rings. The summed E-state index contributed by atoms with van der Waals surface area (Å²) in [4.78, 5) is 2.25. The fourth-order valence-electron chi connectivity index (χ4n) is 1.38. The van der Waals surface area contributed by atoms with E-state index in [0.29, 0.717) is 0 Å². The van der Waals surface area contributed by atoms with E-state index in [1.165, 1.54) is 11.3 Å². The van der Waals surface area contributed by atoms with E-state index in [0.717, 1.165) is 13.0 Å². The number of para-hydroxylation sites is 1. The van der Waals surface area contributed by atoms with E-state index in [1.54, 1.807) is 0 Å². The lowest BCUT2D eigenvalue weighted by atomic mass is 10.1. The van der Waals surface area contributed by atoms with Gasteiger partial charge in [0.25, 0.3) is 0 Å². The molecule has 0 unspecified atom stereocenters. The standard InChI is InChI=1S/C12H17N/c1-4-8-11-9-6-7-10-12(11)13(3)5-2/h4,6-7,9-10H,1,5,8H2,2-3H3. The maximum atomic E-state index is 3.76. The number of anilines is 1. The minimum atomic E-state index is 0.945. The zero-order valence-corrected chi connectivity index (χ0v) is 8.46.